The highest BCUT2D eigenvalue weighted by molar-refractivity contribution is 9.10. The standard InChI is InChI=1S/C8H12BrNO2S2/c1-6-3-4-8(13-6)7(2)10-14(11,12)5-9/h3-4,7,10H,5H2,1-2H3. The van der Waals surface area contributed by atoms with Crippen molar-refractivity contribution < 1.29 is 8.42 Å². The maximum Gasteiger partial charge on any atom is 0.222 e. The van der Waals surface area contributed by atoms with Crippen molar-refractivity contribution in [3.63, 3.8) is 0 Å². The predicted octanol–water partition coefficient (Wildman–Crippen LogP) is 2.39. The summed E-state index contributed by atoms with van der Waals surface area (Å²) in [6.07, 6.45) is 0. The lowest BCUT2D eigenvalue weighted by molar-refractivity contribution is 0.574. The third-order valence-corrected chi connectivity index (χ3v) is 5.68. The van der Waals surface area contributed by atoms with Gasteiger partial charge in [-0.05, 0) is 26.0 Å². The number of nitrogens with one attached hydrogen (secondary N) is 1. The second-order valence-electron chi connectivity index (χ2n) is 3.01. The molecule has 0 saturated carbocycles. The molecule has 1 atom stereocenters. The summed E-state index contributed by atoms with van der Waals surface area (Å²) >= 11 is 4.53. The summed E-state index contributed by atoms with van der Waals surface area (Å²) in [7, 11) is -3.18. The van der Waals surface area contributed by atoms with E-state index in [0.717, 1.165) is 4.88 Å². The number of thiophene rings is 1. The van der Waals surface area contributed by atoms with E-state index in [9.17, 15) is 8.42 Å². The highest BCUT2D eigenvalue weighted by Gasteiger charge is 2.15. The number of alkyl halides is 1. The molecule has 1 rings (SSSR count). The second kappa shape index (κ2) is 4.74. The van der Waals surface area contributed by atoms with Crippen LogP contribution in [-0.2, 0) is 10.0 Å². The fraction of sp³-hybridized carbons (Fsp3) is 0.500. The molecule has 1 unspecified atom stereocenters. The zero-order chi connectivity index (χ0) is 10.8. The van der Waals surface area contributed by atoms with Gasteiger partial charge in [-0.15, -0.1) is 11.3 Å². The molecule has 1 aromatic heterocycles. The Bertz CT molecular complexity index is 399. The van der Waals surface area contributed by atoms with Crippen molar-refractivity contribution in [2.24, 2.45) is 0 Å². The van der Waals surface area contributed by atoms with Crippen LogP contribution < -0.4 is 4.72 Å². The molecule has 0 radical (unpaired) electrons. The van der Waals surface area contributed by atoms with Crippen LogP contribution in [0.3, 0.4) is 0 Å². The van der Waals surface area contributed by atoms with E-state index in [1.54, 1.807) is 11.3 Å². The van der Waals surface area contributed by atoms with Gasteiger partial charge in [0.05, 0.1) is 6.04 Å². The first-order valence-electron chi connectivity index (χ1n) is 4.07. The summed E-state index contributed by atoms with van der Waals surface area (Å²) in [4.78, 5) is 2.22. The van der Waals surface area contributed by atoms with Gasteiger partial charge in [-0.2, -0.15) is 0 Å². The van der Waals surface area contributed by atoms with Crippen LogP contribution >= 0.6 is 27.3 Å². The SMILES string of the molecule is Cc1ccc(C(C)NS(=O)(=O)CBr)s1. The van der Waals surface area contributed by atoms with Gasteiger partial charge in [0.1, 0.15) is 4.66 Å². The number of sulfonamides is 1. The molecular formula is C8H12BrNO2S2. The van der Waals surface area contributed by atoms with Crippen LogP contribution in [0.25, 0.3) is 0 Å². The van der Waals surface area contributed by atoms with Gasteiger partial charge in [0.2, 0.25) is 10.0 Å². The molecule has 0 saturated heterocycles. The van der Waals surface area contributed by atoms with Crippen LogP contribution in [0.2, 0.25) is 0 Å². The summed E-state index contributed by atoms with van der Waals surface area (Å²) in [5.74, 6) is 0. The first-order chi connectivity index (χ1) is 6.44. The minimum absolute atomic E-state index is 0.0608. The average molecular weight is 298 g/mol. The largest absolute Gasteiger partial charge is 0.222 e. The van der Waals surface area contributed by atoms with E-state index in [1.165, 1.54) is 4.88 Å². The Kier molecular flexibility index (Phi) is 4.12. The molecule has 80 valence electrons. The third kappa shape index (κ3) is 3.34. The minimum atomic E-state index is -3.18. The molecule has 14 heavy (non-hydrogen) atoms. The fourth-order valence-corrected chi connectivity index (χ4v) is 3.12. The zero-order valence-corrected chi connectivity index (χ0v) is 11.2. The van der Waals surface area contributed by atoms with E-state index in [4.69, 9.17) is 0 Å². The van der Waals surface area contributed by atoms with Crippen molar-refractivity contribution in [3.05, 3.63) is 21.9 Å². The van der Waals surface area contributed by atoms with Crippen molar-refractivity contribution in [2.75, 3.05) is 4.66 Å². The van der Waals surface area contributed by atoms with Crippen molar-refractivity contribution in [1.29, 1.82) is 0 Å². The molecular weight excluding hydrogens is 286 g/mol. The summed E-state index contributed by atoms with van der Waals surface area (Å²) in [5, 5.41) is 0. The molecule has 0 aliphatic carbocycles. The molecule has 0 aliphatic rings. The summed E-state index contributed by atoms with van der Waals surface area (Å²) in [6.45, 7) is 3.84. The van der Waals surface area contributed by atoms with Crippen LogP contribution in [0.15, 0.2) is 12.1 Å². The molecule has 0 aliphatic heterocycles. The Hall–Kier alpha value is 0.0900. The molecule has 6 heteroatoms. The Balaban J connectivity index is 2.73. The minimum Gasteiger partial charge on any atom is -0.212 e. The smallest absolute Gasteiger partial charge is 0.212 e. The van der Waals surface area contributed by atoms with Gasteiger partial charge in [0.25, 0.3) is 0 Å². The van der Waals surface area contributed by atoms with Gasteiger partial charge in [-0.1, -0.05) is 15.9 Å². The van der Waals surface area contributed by atoms with E-state index in [2.05, 4.69) is 20.7 Å². The zero-order valence-electron chi connectivity index (χ0n) is 7.95. The van der Waals surface area contributed by atoms with Crippen molar-refractivity contribution in [3.8, 4) is 0 Å². The number of halogens is 1. The van der Waals surface area contributed by atoms with E-state index in [0.29, 0.717) is 0 Å². The van der Waals surface area contributed by atoms with Crippen LogP contribution in [-0.4, -0.2) is 13.1 Å². The van der Waals surface area contributed by atoms with Gasteiger partial charge in [0.15, 0.2) is 0 Å². The highest BCUT2D eigenvalue weighted by atomic mass is 79.9. The highest BCUT2D eigenvalue weighted by Crippen LogP contribution is 2.22. The molecule has 3 nitrogen and oxygen atoms in total. The molecule has 1 aromatic rings. The Morgan fingerprint density at radius 2 is 2.21 bits per heavy atom. The van der Waals surface area contributed by atoms with Crippen LogP contribution in [0.5, 0.6) is 0 Å². The van der Waals surface area contributed by atoms with Crippen molar-refractivity contribution in [1.82, 2.24) is 4.72 Å². The summed E-state index contributed by atoms with van der Waals surface area (Å²) in [6, 6.07) is 3.77. The van der Waals surface area contributed by atoms with Crippen LogP contribution in [0, 0.1) is 6.92 Å². The van der Waals surface area contributed by atoms with Gasteiger partial charge >= 0.3 is 0 Å². The average Bonchev–Trinajstić information content (AvgIpc) is 2.51. The summed E-state index contributed by atoms with van der Waals surface area (Å²) in [5.41, 5.74) is 0. The summed E-state index contributed by atoms with van der Waals surface area (Å²) < 4.78 is 25.0. The third-order valence-electron chi connectivity index (χ3n) is 1.69. The predicted molar refractivity (Wildman–Crippen MR) is 63.3 cm³/mol. The number of hydrogen-bond donors (Lipinski definition) is 1. The number of rotatable bonds is 4. The maximum atomic E-state index is 11.2. The quantitative estimate of drug-likeness (QED) is 0.868. The molecule has 1 N–H and O–H groups in total. The normalized spacial score (nSPS) is 14.2. The van der Waals surface area contributed by atoms with Crippen LogP contribution in [0.4, 0.5) is 0 Å². The van der Waals surface area contributed by atoms with Crippen molar-refractivity contribution in [2.45, 2.75) is 19.9 Å². The van der Waals surface area contributed by atoms with Gasteiger partial charge in [0, 0.05) is 9.75 Å². The van der Waals surface area contributed by atoms with E-state index < -0.39 is 10.0 Å². The lowest BCUT2D eigenvalue weighted by Crippen LogP contribution is -2.26. The second-order valence-corrected chi connectivity index (χ2v) is 7.39. The molecule has 0 aromatic carbocycles. The van der Waals surface area contributed by atoms with Gasteiger partial charge < -0.3 is 0 Å². The van der Waals surface area contributed by atoms with Gasteiger partial charge in [-0.25, -0.2) is 13.1 Å². The number of hydrogen-bond acceptors (Lipinski definition) is 3. The van der Waals surface area contributed by atoms with Crippen molar-refractivity contribution >= 4 is 37.3 Å². The first kappa shape index (κ1) is 12.2. The number of aryl methyl sites for hydroxylation is 1. The molecule has 0 amide bonds. The van der Waals surface area contributed by atoms with E-state index in [1.807, 2.05) is 26.0 Å². The van der Waals surface area contributed by atoms with E-state index in [-0.39, 0.29) is 10.7 Å². The molecule has 0 fully saturated rings. The molecule has 0 spiro atoms. The Morgan fingerprint density at radius 3 is 2.64 bits per heavy atom. The Labute approximate surface area is 96.7 Å². The van der Waals surface area contributed by atoms with Crippen LogP contribution in [0.1, 0.15) is 22.7 Å². The first-order valence-corrected chi connectivity index (χ1v) is 7.66. The van der Waals surface area contributed by atoms with Gasteiger partial charge in [-0.3, -0.25) is 0 Å². The molecule has 1 heterocycles. The maximum absolute atomic E-state index is 11.2. The lowest BCUT2D eigenvalue weighted by atomic mass is 10.3. The monoisotopic (exact) mass is 297 g/mol. The topological polar surface area (TPSA) is 46.2 Å². The lowest BCUT2D eigenvalue weighted by Gasteiger charge is -2.10. The Morgan fingerprint density at radius 1 is 1.57 bits per heavy atom. The van der Waals surface area contributed by atoms with E-state index >= 15 is 0 Å². The fourth-order valence-electron chi connectivity index (χ4n) is 1.05. The molecule has 0 bridgehead atoms.